The molecule has 0 saturated heterocycles. The molecule has 0 aromatic heterocycles. The van der Waals surface area contributed by atoms with Crippen LogP contribution in [0.25, 0.3) is 0 Å². The number of halogens is 1. The summed E-state index contributed by atoms with van der Waals surface area (Å²) in [5.74, 6) is -0.475. The summed E-state index contributed by atoms with van der Waals surface area (Å²) in [6.45, 7) is 0. The van der Waals surface area contributed by atoms with E-state index in [0.717, 1.165) is 27.8 Å². The number of fused-ring (bicyclic) bond motifs is 1. The molecule has 4 heteroatoms. The minimum Gasteiger partial charge on any atom is -0.490 e. The molecule has 108 valence electrons. The number of para-hydroxylation sites is 1. The summed E-state index contributed by atoms with van der Waals surface area (Å²) in [5.41, 5.74) is 1.97. The molecular weight excluding hydrogens is 332 g/mol. The Morgan fingerprint density at radius 3 is 2.62 bits per heavy atom. The van der Waals surface area contributed by atoms with Gasteiger partial charge in [-0.15, -0.1) is 0 Å². The van der Waals surface area contributed by atoms with Gasteiger partial charge in [0.25, 0.3) is 0 Å². The average Bonchev–Trinajstić information content (AvgIpc) is 2.88. The number of benzene rings is 2. The van der Waals surface area contributed by atoms with Crippen molar-refractivity contribution in [1.29, 1.82) is 0 Å². The lowest BCUT2D eigenvalue weighted by molar-refractivity contribution is -0.139. The number of ether oxygens (including phenoxy) is 1. The van der Waals surface area contributed by atoms with E-state index in [1.807, 2.05) is 48.5 Å². The van der Waals surface area contributed by atoms with Gasteiger partial charge in [-0.25, -0.2) is 0 Å². The second kappa shape index (κ2) is 5.90. The molecule has 0 radical (unpaired) electrons. The van der Waals surface area contributed by atoms with E-state index < -0.39 is 11.9 Å². The molecule has 2 aromatic rings. The van der Waals surface area contributed by atoms with Crippen LogP contribution in [0.4, 0.5) is 0 Å². The Morgan fingerprint density at radius 2 is 1.95 bits per heavy atom. The molecule has 0 saturated carbocycles. The maximum absolute atomic E-state index is 11.6. The van der Waals surface area contributed by atoms with Crippen molar-refractivity contribution in [3.8, 4) is 5.75 Å². The molecule has 1 aliphatic heterocycles. The highest BCUT2D eigenvalue weighted by Crippen LogP contribution is 2.33. The van der Waals surface area contributed by atoms with Gasteiger partial charge in [0.05, 0.1) is 5.92 Å². The molecule has 3 rings (SSSR count). The molecule has 1 aliphatic rings. The van der Waals surface area contributed by atoms with E-state index in [4.69, 9.17) is 4.74 Å². The number of aliphatic carboxylic acids is 1. The highest BCUT2D eigenvalue weighted by atomic mass is 79.9. The summed E-state index contributed by atoms with van der Waals surface area (Å²) in [4.78, 5) is 11.6. The number of rotatable bonds is 4. The van der Waals surface area contributed by atoms with Gasteiger partial charge in [-0.3, -0.25) is 4.79 Å². The van der Waals surface area contributed by atoms with Gasteiger partial charge in [0.2, 0.25) is 0 Å². The first-order chi connectivity index (χ1) is 10.1. The fourth-order valence-electron chi connectivity index (χ4n) is 2.72. The van der Waals surface area contributed by atoms with E-state index in [2.05, 4.69) is 15.9 Å². The Hall–Kier alpha value is -1.81. The molecule has 0 amide bonds. The summed E-state index contributed by atoms with van der Waals surface area (Å²) in [6, 6.07) is 15.3. The largest absolute Gasteiger partial charge is 0.490 e. The zero-order valence-corrected chi connectivity index (χ0v) is 12.9. The van der Waals surface area contributed by atoms with Crippen LogP contribution < -0.4 is 4.74 Å². The quantitative estimate of drug-likeness (QED) is 0.909. The Morgan fingerprint density at radius 1 is 1.24 bits per heavy atom. The Kier molecular flexibility index (Phi) is 3.97. The van der Waals surface area contributed by atoms with Crippen LogP contribution in [0.15, 0.2) is 53.0 Å². The van der Waals surface area contributed by atoms with Crippen LogP contribution in [0.1, 0.15) is 23.5 Å². The first-order valence-electron chi connectivity index (χ1n) is 6.86. The fraction of sp³-hybridized carbons (Fsp3) is 0.235. The molecule has 21 heavy (non-hydrogen) atoms. The van der Waals surface area contributed by atoms with Crippen molar-refractivity contribution in [3.05, 3.63) is 64.1 Å². The van der Waals surface area contributed by atoms with Gasteiger partial charge in [0.15, 0.2) is 0 Å². The van der Waals surface area contributed by atoms with E-state index in [-0.39, 0.29) is 6.10 Å². The summed E-state index contributed by atoms with van der Waals surface area (Å²) >= 11 is 3.37. The molecule has 0 bridgehead atoms. The van der Waals surface area contributed by atoms with E-state index in [1.165, 1.54) is 0 Å². The van der Waals surface area contributed by atoms with Crippen molar-refractivity contribution in [3.63, 3.8) is 0 Å². The molecule has 0 aliphatic carbocycles. The van der Waals surface area contributed by atoms with Crippen LogP contribution in [-0.4, -0.2) is 17.2 Å². The van der Waals surface area contributed by atoms with Crippen LogP contribution in [-0.2, 0) is 11.2 Å². The van der Waals surface area contributed by atoms with Crippen molar-refractivity contribution in [2.24, 2.45) is 0 Å². The maximum Gasteiger partial charge on any atom is 0.311 e. The zero-order valence-electron chi connectivity index (χ0n) is 11.3. The molecule has 2 atom stereocenters. The molecular formula is C17H15BrO3. The fourth-order valence-corrected chi connectivity index (χ4v) is 2.99. The molecule has 0 fully saturated rings. The lowest BCUT2D eigenvalue weighted by Crippen LogP contribution is -2.22. The van der Waals surface area contributed by atoms with Gasteiger partial charge in [0.1, 0.15) is 11.9 Å². The number of carbonyl (C=O) groups is 1. The lowest BCUT2D eigenvalue weighted by Gasteiger charge is -2.17. The Balaban J connectivity index is 1.75. The van der Waals surface area contributed by atoms with Crippen molar-refractivity contribution >= 4 is 21.9 Å². The van der Waals surface area contributed by atoms with Gasteiger partial charge in [-0.1, -0.05) is 46.3 Å². The summed E-state index contributed by atoms with van der Waals surface area (Å²) in [6.07, 6.45) is 1.18. The Labute approximate surface area is 131 Å². The third kappa shape index (κ3) is 3.10. The van der Waals surface area contributed by atoms with E-state index in [1.54, 1.807) is 0 Å². The Bertz CT molecular complexity index is 626. The summed E-state index contributed by atoms with van der Waals surface area (Å²) in [5, 5.41) is 9.51. The maximum atomic E-state index is 11.6. The van der Waals surface area contributed by atoms with Crippen molar-refractivity contribution in [2.45, 2.75) is 24.9 Å². The third-order valence-electron chi connectivity index (χ3n) is 3.78. The molecule has 0 spiro atoms. The molecule has 1 heterocycles. The summed E-state index contributed by atoms with van der Waals surface area (Å²) < 4.78 is 6.80. The van der Waals surface area contributed by atoms with E-state index in [9.17, 15) is 9.90 Å². The van der Waals surface area contributed by atoms with Crippen LogP contribution in [0.5, 0.6) is 5.75 Å². The number of hydrogen-bond acceptors (Lipinski definition) is 2. The number of carboxylic acid groups (broad SMARTS) is 1. The minimum absolute atomic E-state index is 0.0767. The number of carboxylic acids is 1. The molecule has 3 nitrogen and oxygen atoms in total. The topological polar surface area (TPSA) is 46.5 Å². The lowest BCUT2D eigenvalue weighted by atomic mass is 9.92. The second-order valence-electron chi connectivity index (χ2n) is 5.23. The van der Waals surface area contributed by atoms with Crippen LogP contribution in [0.3, 0.4) is 0 Å². The minimum atomic E-state index is -0.808. The first-order valence-corrected chi connectivity index (χ1v) is 7.65. The number of hydrogen-bond donors (Lipinski definition) is 1. The van der Waals surface area contributed by atoms with Gasteiger partial charge in [-0.05, 0) is 29.3 Å². The summed E-state index contributed by atoms with van der Waals surface area (Å²) in [7, 11) is 0. The van der Waals surface area contributed by atoms with Crippen LogP contribution in [0.2, 0.25) is 0 Å². The van der Waals surface area contributed by atoms with Crippen LogP contribution in [0, 0.1) is 0 Å². The van der Waals surface area contributed by atoms with E-state index >= 15 is 0 Å². The van der Waals surface area contributed by atoms with E-state index in [0.29, 0.717) is 6.42 Å². The monoisotopic (exact) mass is 346 g/mol. The predicted molar refractivity (Wildman–Crippen MR) is 83.7 cm³/mol. The van der Waals surface area contributed by atoms with Gasteiger partial charge in [-0.2, -0.15) is 0 Å². The van der Waals surface area contributed by atoms with Crippen molar-refractivity contribution in [2.75, 3.05) is 0 Å². The molecule has 1 N–H and O–H groups in total. The van der Waals surface area contributed by atoms with Crippen LogP contribution >= 0.6 is 15.9 Å². The SMILES string of the molecule is O=C(O)C(CC1Cc2ccccc2O1)c1ccc(Br)cc1. The average molecular weight is 347 g/mol. The van der Waals surface area contributed by atoms with Gasteiger partial charge in [0, 0.05) is 17.3 Å². The zero-order chi connectivity index (χ0) is 14.8. The molecule has 2 unspecified atom stereocenters. The van der Waals surface area contributed by atoms with Crippen molar-refractivity contribution in [1.82, 2.24) is 0 Å². The third-order valence-corrected chi connectivity index (χ3v) is 4.31. The first kappa shape index (κ1) is 14.1. The normalized spacial score (nSPS) is 17.9. The van der Waals surface area contributed by atoms with Gasteiger partial charge >= 0.3 is 5.97 Å². The highest BCUT2D eigenvalue weighted by molar-refractivity contribution is 9.10. The smallest absolute Gasteiger partial charge is 0.311 e. The highest BCUT2D eigenvalue weighted by Gasteiger charge is 2.29. The predicted octanol–water partition coefficient (Wildman–Crippen LogP) is 4.01. The standard InChI is InChI=1S/C17H15BrO3/c18-13-7-5-11(6-8-13)15(17(19)20)10-14-9-12-3-1-2-4-16(12)21-14/h1-8,14-15H,9-10H2,(H,19,20). The molecule has 2 aromatic carbocycles. The second-order valence-corrected chi connectivity index (χ2v) is 6.15. The van der Waals surface area contributed by atoms with Crippen molar-refractivity contribution < 1.29 is 14.6 Å². The van der Waals surface area contributed by atoms with Gasteiger partial charge < -0.3 is 9.84 Å².